The molecule has 2 aliphatic rings. The van der Waals surface area contributed by atoms with Gasteiger partial charge in [0.05, 0.1) is 18.2 Å². The first-order valence-electron chi connectivity index (χ1n) is 14.6. The molecule has 0 spiro atoms. The van der Waals surface area contributed by atoms with E-state index in [1.165, 1.54) is 28.0 Å². The van der Waals surface area contributed by atoms with Crippen LogP contribution in [-0.4, -0.2) is 46.3 Å². The lowest BCUT2D eigenvalue weighted by molar-refractivity contribution is -0.132. The van der Waals surface area contributed by atoms with E-state index in [-0.39, 0.29) is 29.2 Å². The Bertz CT molecular complexity index is 1860. The molecule has 1 saturated heterocycles. The third kappa shape index (κ3) is 6.22. The molecule has 0 saturated carbocycles. The summed E-state index contributed by atoms with van der Waals surface area (Å²) < 4.78 is 18.1. The van der Waals surface area contributed by atoms with Crippen molar-refractivity contribution in [1.82, 2.24) is 10.2 Å². The molecule has 12 heteroatoms. The molecule has 0 radical (unpaired) electrons. The van der Waals surface area contributed by atoms with E-state index in [4.69, 9.17) is 25.8 Å². The number of carbonyl (C=O) groups is 2. The maximum atomic E-state index is 13.8. The number of benzene rings is 3. The first kappa shape index (κ1) is 31.7. The van der Waals surface area contributed by atoms with Crippen molar-refractivity contribution in [2.45, 2.75) is 42.5 Å². The van der Waals surface area contributed by atoms with Crippen LogP contribution in [0.5, 0.6) is 17.2 Å². The summed E-state index contributed by atoms with van der Waals surface area (Å²) in [4.78, 5) is 28.9. The van der Waals surface area contributed by atoms with E-state index in [2.05, 4.69) is 16.8 Å². The minimum Gasteiger partial charge on any atom is -0.507 e. The first-order valence-corrected chi connectivity index (χ1v) is 16.8. The van der Waals surface area contributed by atoms with Crippen LogP contribution in [0.2, 0.25) is 5.02 Å². The predicted molar refractivity (Wildman–Crippen MR) is 179 cm³/mol. The number of hydrogen-bond donors (Lipinski definition) is 1. The van der Waals surface area contributed by atoms with Gasteiger partial charge in [-0.2, -0.15) is 0 Å². The number of nitrogens with zero attached hydrogens (tertiary/aromatic N) is 3. The van der Waals surface area contributed by atoms with Crippen LogP contribution in [0.15, 0.2) is 83.2 Å². The molecule has 1 N–H and O–H groups in total. The second-order valence-electron chi connectivity index (χ2n) is 10.6. The van der Waals surface area contributed by atoms with Crippen LogP contribution in [0.25, 0.3) is 5.76 Å². The van der Waals surface area contributed by atoms with Crippen molar-refractivity contribution in [2.24, 2.45) is 0 Å². The van der Waals surface area contributed by atoms with Crippen molar-refractivity contribution in [3.63, 3.8) is 0 Å². The highest BCUT2D eigenvalue weighted by atomic mass is 35.5. The summed E-state index contributed by atoms with van der Waals surface area (Å²) in [6.45, 7) is 8.13. The van der Waals surface area contributed by atoms with Gasteiger partial charge in [0.1, 0.15) is 24.2 Å². The number of Topliss-reactive ketones (excluding diaryl/α,β-unsaturated/α-hetero) is 1. The summed E-state index contributed by atoms with van der Waals surface area (Å²) >= 11 is 8.93. The summed E-state index contributed by atoms with van der Waals surface area (Å²) in [6.07, 6.45) is 2.29. The zero-order chi connectivity index (χ0) is 32.4. The Morgan fingerprint density at radius 3 is 2.76 bits per heavy atom. The van der Waals surface area contributed by atoms with E-state index in [0.717, 1.165) is 16.9 Å². The fraction of sp³-hybridized carbons (Fsp3) is 0.235. The zero-order valence-corrected chi connectivity index (χ0v) is 27.5. The number of ether oxygens (including phenoxy) is 3. The molecular weight excluding hydrogens is 646 g/mol. The Kier molecular flexibility index (Phi) is 9.34. The van der Waals surface area contributed by atoms with Gasteiger partial charge in [-0.3, -0.25) is 14.5 Å². The lowest BCUT2D eigenvalue weighted by Crippen LogP contribution is -2.29. The highest BCUT2D eigenvalue weighted by Crippen LogP contribution is 2.46. The summed E-state index contributed by atoms with van der Waals surface area (Å²) in [5, 5.41) is 21.2. The van der Waals surface area contributed by atoms with Crippen molar-refractivity contribution >= 4 is 57.3 Å². The number of amides is 1. The summed E-state index contributed by atoms with van der Waals surface area (Å²) in [7, 11) is 0. The van der Waals surface area contributed by atoms with Crippen molar-refractivity contribution in [2.75, 3.05) is 18.1 Å². The van der Waals surface area contributed by atoms with E-state index in [0.29, 0.717) is 50.8 Å². The predicted octanol–water partition coefficient (Wildman–Crippen LogP) is 7.40. The second kappa shape index (κ2) is 13.6. The summed E-state index contributed by atoms with van der Waals surface area (Å²) in [5.41, 5.74) is 2.70. The molecule has 9 nitrogen and oxygen atoms in total. The minimum atomic E-state index is -1.02. The van der Waals surface area contributed by atoms with Gasteiger partial charge in [0.15, 0.2) is 15.8 Å². The van der Waals surface area contributed by atoms with E-state index < -0.39 is 17.7 Å². The quantitative estimate of drug-likeness (QED) is 0.0434. The van der Waals surface area contributed by atoms with Gasteiger partial charge in [-0.25, -0.2) is 0 Å². The van der Waals surface area contributed by atoms with Gasteiger partial charge in [0.25, 0.3) is 5.78 Å². The van der Waals surface area contributed by atoms with E-state index >= 15 is 0 Å². The topological polar surface area (TPSA) is 111 Å². The molecule has 1 fully saturated rings. The molecule has 0 aliphatic carbocycles. The molecule has 46 heavy (non-hydrogen) atoms. The molecule has 0 bridgehead atoms. The normalized spacial score (nSPS) is 18.4. The van der Waals surface area contributed by atoms with Crippen molar-refractivity contribution < 1.29 is 28.9 Å². The second-order valence-corrected chi connectivity index (χ2v) is 13.2. The lowest BCUT2D eigenvalue weighted by atomic mass is 9.94. The Balaban J connectivity index is 1.43. The Morgan fingerprint density at radius 2 is 1.98 bits per heavy atom. The van der Waals surface area contributed by atoms with Crippen LogP contribution >= 0.6 is 34.7 Å². The third-order valence-electron chi connectivity index (χ3n) is 7.46. The lowest BCUT2D eigenvalue weighted by Gasteiger charge is -2.23. The van der Waals surface area contributed by atoms with Crippen LogP contribution in [0, 0.1) is 0 Å². The molecule has 1 aromatic heterocycles. The SMILES string of the molecule is C=CCOc1ccc([C@@H]2/C(=C(\O)c3ccc4c(c3)C[C@@H](C)O4)C(=O)C(=O)N2c2nnc(SCc3ccccc3Cl)s2)cc1OCC. The first-order chi connectivity index (χ1) is 22.3. The molecule has 3 heterocycles. The number of hydrogen-bond acceptors (Lipinski definition) is 10. The Labute approximate surface area is 279 Å². The third-order valence-corrected chi connectivity index (χ3v) is 9.94. The van der Waals surface area contributed by atoms with Gasteiger partial charge in [-0.1, -0.05) is 71.6 Å². The zero-order valence-electron chi connectivity index (χ0n) is 25.1. The van der Waals surface area contributed by atoms with E-state index in [1.807, 2.05) is 38.1 Å². The average Bonchev–Trinajstić information content (AvgIpc) is 3.74. The molecule has 0 unspecified atom stereocenters. The van der Waals surface area contributed by atoms with E-state index in [9.17, 15) is 14.7 Å². The molecule has 2 atom stereocenters. The highest BCUT2D eigenvalue weighted by molar-refractivity contribution is 8.00. The number of carbonyl (C=O) groups excluding carboxylic acids is 2. The number of halogens is 1. The smallest absolute Gasteiger partial charge is 0.301 e. The molecule has 4 aromatic rings. The number of fused-ring (bicyclic) bond motifs is 1. The molecular formula is C34H30ClN3O6S2. The maximum absolute atomic E-state index is 13.8. The highest BCUT2D eigenvalue weighted by Gasteiger charge is 2.48. The number of ketones is 1. The van der Waals surface area contributed by atoms with Crippen LogP contribution in [0.1, 0.15) is 42.1 Å². The van der Waals surface area contributed by atoms with Crippen LogP contribution in [-0.2, 0) is 21.8 Å². The summed E-state index contributed by atoms with van der Waals surface area (Å²) in [5.74, 6) is 0.213. The molecule has 1 amide bonds. The molecule has 236 valence electrons. The number of aromatic nitrogens is 2. The van der Waals surface area contributed by atoms with Crippen LogP contribution in [0.3, 0.4) is 0 Å². The Morgan fingerprint density at radius 1 is 1.15 bits per heavy atom. The van der Waals surface area contributed by atoms with Crippen molar-refractivity contribution in [3.8, 4) is 17.2 Å². The Hall–Kier alpha value is -4.32. The van der Waals surface area contributed by atoms with Gasteiger partial charge in [0.2, 0.25) is 5.13 Å². The maximum Gasteiger partial charge on any atom is 0.301 e. The van der Waals surface area contributed by atoms with Gasteiger partial charge < -0.3 is 19.3 Å². The number of aliphatic hydroxyl groups is 1. The van der Waals surface area contributed by atoms with Gasteiger partial charge >= 0.3 is 5.91 Å². The number of aliphatic hydroxyl groups excluding tert-OH is 1. The monoisotopic (exact) mass is 675 g/mol. The minimum absolute atomic E-state index is 0.000768. The molecule has 6 rings (SSSR count). The van der Waals surface area contributed by atoms with Crippen molar-refractivity contribution in [1.29, 1.82) is 0 Å². The summed E-state index contributed by atoms with van der Waals surface area (Å²) in [6, 6.07) is 16.9. The number of thioether (sulfide) groups is 1. The number of rotatable bonds is 11. The van der Waals surface area contributed by atoms with Crippen molar-refractivity contribution in [3.05, 3.63) is 106 Å². The van der Waals surface area contributed by atoms with Crippen LogP contribution < -0.4 is 19.1 Å². The number of anilines is 1. The van der Waals surface area contributed by atoms with Gasteiger partial charge in [-0.05, 0) is 66.9 Å². The largest absolute Gasteiger partial charge is 0.507 e. The fourth-order valence-corrected chi connectivity index (χ4v) is 7.57. The molecule has 3 aromatic carbocycles. The van der Waals surface area contributed by atoms with Crippen LogP contribution in [0.4, 0.5) is 5.13 Å². The molecule has 2 aliphatic heterocycles. The standard InChI is InChI=1S/C34H30ClN3O6S2/c1-4-14-43-26-13-10-20(17-27(26)42-5-2)29-28(30(39)21-11-12-25-23(16-21)15-19(3)44-25)31(40)32(41)38(29)33-36-37-34(46-33)45-18-22-8-6-7-9-24(22)35/h4,6-13,16-17,19,29,39H,1,5,14-15,18H2,2-3H3/b30-28+/t19-,29-/m1/s1. The average molecular weight is 676 g/mol. The van der Waals surface area contributed by atoms with Gasteiger partial charge in [0, 0.05) is 22.8 Å². The van der Waals surface area contributed by atoms with E-state index in [1.54, 1.807) is 42.5 Å². The van der Waals surface area contributed by atoms with Gasteiger partial charge in [-0.15, -0.1) is 10.2 Å². The fourth-order valence-electron chi connectivity index (χ4n) is 5.41.